The van der Waals surface area contributed by atoms with Crippen molar-refractivity contribution in [3.05, 3.63) is 0 Å². The van der Waals surface area contributed by atoms with Gasteiger partial charge >= 0.3 is 0 Å². The maximum absolute atomic E-state index is 11.1. The predicted molar refractivity (Wildman–Crippen MR) is 128 cm³/mol. The van der Waals surface area contributed by atoms with Crippen LogP contribution in [0.25, 0.3) is 0 Å². The molecule has 4 rings (SSSR count). The van der Waals surface area contributed by atoms with E-state index in [9.17, 15) is 51.1 Å². The van der Waals surface area contributed by atoms with Crippen molar-refractivity contribution in [1.29, 1.82) is 0 Å². The zero-order chi connectivity index (χ0) is 30.5. The first-order valence-electron chi connectivity index (χ1n) is 13.5. The molecule has 10 N–H and O–H groups in total. The lowest BCUT2D eigenvalue weighted by molar-refractivity contribution is -0.403. The number of ether oxygens (including phenoxy) is 7. The van der Waals surface area contributed by atoms with Gasteiger partial charge < -0.3 is 84.2 Å². The highest BCUT2D eigenvalue weighted by Crippen LogP contribution is 2.35. The van der Waals surface area contributed by atoms with Crippen LogP contribution in [0.4, 0.5) is 0 Å². The van der Waals surface area contributed by atoms with Crippen LogP contribution in [0.2, 0.25) is 0 Å². The lowest BCUT2D eigenvalue weighted by Gasteiger charge is -2.50. The van der Waals surface area contributed by atoms with Gasteiger partial charge in [-0.3, -0.25) is 0 Å². The molecule has 4 heterocycles. The Hall–Kier alpha value is -0.680. The van der Waals surface area contributed by atoms with Gasteiger partial charge in [-0.2, -0.15) is 0 Å². The normalized spacial score (nSPS) is 56.9. The lowest BCUT2D eigenvalue weighted by atomic mass is 9.96. The van der Waals surface area contributed by atoms with Gasteiger partial charge in [0.2, 0.25) is 0 Å². The van der Waals surface area contributed by atoms with Gasteiger partial charge in [0, 0.05) is 0 Å². The van der Waals surface area contributed by atoms with Gasteiger partial charge in [-0.05, 0) is 27.7 Å². The fraction of sp³-hybridized carbons (Fsp3) is 1.00. The van der Waals surface area contributed by atoms with E-state index in [0.717, 1.165) is 0 Å². The summed E-state index contributed by atoms with van der Waals surface area (Å²) < 4.78 is 39.5. The Bertz CT molecular complexity index is 853. The Morgan fingerprint density at radius 3 is 1.22 bits per heavy atom. The molecule has 0 aromatic heterocycles. The molecule has 17 heteroatoms. The van der Waals surface area contributed by atoms with Crippen LogP contribution >= 0.6 is 0 Å². The minimum Gasteiger partial charge on any atom is -0.388 e. The molecule has 0 spiro atoms. The maximum atomic E-state index is 11.1. The smallest absolute Gasteiger partial charge is 0.187 e. The summed E-state index contributed by atoms with van der Waals surface area (Å²) in [4.78, 5) is 0. The largest absolute Gasteiger partial charge is 0.388 e. The maximum Gasteiger partial charge on any atom is 0.187 e. The van der Waals surface area contributed by atoms with E-state index in [-0.39, 0.29) is 0 Å². The number of aliphatic hydroxyl groups is 10. The van der Waals surface area contributed by atoms with Crippen molar-refractivity contribution in [3.8, 4) is 0 Å². The Kier molecular flexibility index (Phi) is 10.6. The van der Waals surface area contributed by atoms with E-state index in [1.807, 2.05) is 0 Å². The Labute approximate surface area is 235 Å². The number of rotatable bonds is 6. The van der Waals surface area contributed by atoms with Gasteiger partial charge in [-0.1, -0.05) is 0 Å². The monoisotopic (exact) mass is 602 g/mol. The molecule has 4 aliphatic rings. The Morgan fingerprint density at radius 2 is 0.707 bits per heavy atom. The second kappa shape index (κ2) is 13.1. The molecule has 240 valence electrons. The standard InChI is InChI=1S/C24H42O17/c1-5-11(27)15(31)19(21(34)35-5)40-24-20(41-23-17(33)14(30)10(26)7(3)37-23)18(12(28)8(4)38-24)39-22-16(32)13(29)9(25)6(2)36-22/h5-34H,1-4H3/t5-,6-,7+,8-,9-,10+,11-,12-,13+,14-,15+,16-,17-,18+,19-,20-,21+,22+,23+,24+/m1/s1. The van der Waals surface area contributed by atoms with Crippen LogP contribution in [0.1, 0.15) is 27.7 Å². The number of aliphatic hydroxyl groups excluding tert-OH is 10. The third-order valence-corrected chi connectivity index (χ3v) is 8.05. The summed E-state index contributed by atoms with van der Waals surface area (Å²) in [5.74, 6) is 0. The summed E-state index contributed by atoms with van der Waals surface area (Å²) in [6.45, 7) is 5.66. The van der Waals surface area contributed by atoms with Crippen LogP contribution in [0, 0.1) is 0 Å². The molecule has 0 bridgehead atoms. The topological polar surface area (TPSA) is 267 Å². The third kappa shape index (κ3) is 6.57. The van der Waals surface area contributed by atoms with Gasteiger partial charge in [-0.15, -0.1) is 0 Å². The van der Waals surface area contributed by atoms with Crippen LogP contribution in [0.15, 0.2) is 0 Å². The molecule has 17 nitrogen and oxygen atoms in total. The average molecular weight is 603 g/mol. The quantitative estimate of drug-likeness (QED) is 0.136. The van der Waals surface area contributed by atoms with Crippen molar-refractivity contribution in [2.24, 2.45) is 0 Å². The molecule has 41 heavy (non-hydrogen) atoms. The van der Waals surface area contributed by atoms with Crippen LogP contribution in [-0.2, 0) is 33.2 Å². The van der Waals surface area contributed by atoms with E-state index in [0.29, 0.717) is 0 Å². The molecule has 0 saturated carbocycles. The van der Waals surface area contributed by atoms with Crippen LogP contribution < -0.4 is 0 Å². The third-order valence-electron chi connectivity index (χ3n) is 8.05. The highest BCUT2D eigenvalue weighted by molar-refractivity contribution is 4.97. The van der Waals surface area contributed by atoms with Crippen molar-refractivity contribution in [2.45, 2.75) is 151 Å². The van der Waals surface area contributed by atoms with Crippen molar-refractivity contribution >= 4 is 0 Å². The van der Waals surface area contributed by atoms with E-state index in [4.69, 9.17) is 33.2 Å². The van der Waals surface area contributed by atoms with Crippen molar-refractivity contribution in [3.63, 3.8) is 0 Å². The number of hydrogen-bond donors (Lipinski definition) is 10. The zero-order valence-electron chi connectivity index (χ0n) is 22.9. The van der Waals surface area contributed by atoms with E-state index < -0.39 is 123 Å². The van der Waals surface area contributed by atoms with Crippen LogP contribution in [0.3, 0.4) is 0 Å². The Balaban J connectivity index is 1.64. The lowest BCUT2D eigenvalue weighted by Crippen LogP contribution is -2.67. The molecule has 0 aliphatic carbocycles. The van der Waals surface area contributed by atoms with Gasteiger partial charge in [0.25, 0.3) is 0 Å². The molecular formula is C24H42O17. The highest BCUT2D eigenvalue weighted by atomic mass is 16.8. The number of hydrogen-bond acceptors (Lipinski definition) is 17. The molecule has 0 unspecified atom stereocenters. The summed E-state index contributed by atoms with van der Waals surface area (Å²) in [7, 11) is 0. The predicted octanol–water partition coefficient (Wildman–Crippen LogP) is -5.64. The van der Waals surface area contributed by atoms with E-state index in [2.05, 4.69) is 0 Å². The second-order valence-electron chi connectivity index (χ2n) is 11.1. The van der Waals surface area contributed by atoms with Gasteiger partial charge in [-0.25, -0.2) is 0 Å². The van der Waals surface area contributed by atoms with Gasteiger partial charge in [0.05, 0.1) is 24.4 Å². The summed E-state index contributed by atoms with van der Waals surface area (Å²) >= 11 is 0. The van der Waals surface area contributed by atoms with E-state index in [1.165, 1.54) is 27.7 Å². The average Bonchev–Trinajstić information content (AvgIpc) is 2.92. The SMILES string of the molecule is C[C@@H]1O[C@@H](O[C@H]2[C@H](O[C@@H]3[C@@H](O)[C@H](O)[C@@H](C)O[C@@H]3O)O[C@H](C)[C@@H](O)[C@@H]2O[C@@H]2O[C@H](C)[C@@H](O)[C@H](O)[C@H]2O)[C@H](O)[C@H](O)[C@H]1O. The summed E-state index contributed by atoms with van der Waals surface area (Å²) in [5, 5.41) is 104. The summed E-state index contributed by atoms with van der Waals surface area (Å²) in [6.07, 6.45) is -30.2. The second-order valence-corrected chi connectivity index (χ2v) is 11.1. The molecule has 4 saturated heterocycles. The molecule has 0 aromatic carbocycles. The molecule has 4 fully saturated rings. The first kappa shape index (κ1) is 33.2. The van der Waals surface area contributed by atoms with Crippen molar-refractivity contribution in [2.75, 3.05) is 0 Å². The molecule has 20 atom stereocenters. The molecule has 4 aliphatic heterocycles. The minimum absolute atomic E-state index is 0.954. The molecule has 0 amide bonds. The van der Waals surface area contributed by atoms with E-state index >= 15 is 0 Å². The van der Waals surface area contributed by atoms with E-state index in [1.54, 1.807) is 0 Å². The Morgan fingerprint density at radius 1 is 0.341 bits per heavy atom. The summed E-state index contributed by atoms with van der Waals surface area (Å²) in [6, 6.07) is 0. The first-order valence-corrected chi connectivity index (χ1v) is 13.5. The van der Waals surface area contributed by atoms with Gasteiger partial charge in [0.1, 0.15) is 73.2 Å². The van der Waals surface area contributed by atoms with Crippen LogP contribution in [0.5, 0.6) is 0 Å². The van der Waals surface area contributed by atoms with Crippen molar-refractivity contribution in [1.82, 2.24) is 0 Å². The fourth-order valence-corrected chi connectivity index (χ4v) is 5.28. The minimum atomic E-state index is -1.82. The summed E-state index contributed by atoms with van der Waals surface area (Å²) in [5.41, 5.74) is 0. The van der Waals surface area contributed by atoms with Gasteiger partial charge in [0.15, 0.2) is 25.2 Å². The fourth-order valence-electron chi connectivity index (χ4n) is 5.28. The molecular weight excluding hydrogens is 560 g/mol. The van der Waals surface area contributed by atoms with Crippen LogP contribution in [-0.4, -0.2) is 174 Å². The molecule has 0 radical (unpaired) electrons. The highest BCUT2D eigenvalue weighted by Gasteiger charge is 2.55. The van der Waals surface area contributed by atoms with Crippen molar-refractivity contribution < 1.29 is 84.2 Å². The zero-order valence-corrected chi connectivity index (χ0v) is 22.9. The molecule has 0 aromatic rings. The first-order chi connectivity index (χ1) is 19.1.